The second kappa shape index (κ2) is 8.08. The van der Waals surface area contributed by atoms with Crippen molar-refractivity contribution in [2.45, 2.75) is 59.9 Å². The van der Waals surface area contributed by atoms with Gasteiger partial charge >= 0.3 is 0 Å². The van der Waals surface area contributed by atoms with Crippen molar-refractivity contribution in [3.05, 3.63) is 23.8 Å². The van der Waals surface area contributed by atoms with Gasteiger partial charge in [0.05, 0.1) is 6.61 Å². The molecular formula is C17H29NO. The zero-order chi connectivity index (χ0) is 14.3. The van der Waals surface area contributed by atoms with E-state index in [1.165, 1.54) is 24.1 Å². The number of hydrogen-bond acceptors (Lipinski definition) is 2. The fourth-order valence-corrected chi connectivity index (χ4v) is 2.25. The molecule has 0 spiro atoms. The molecule has 2 unspecified atom stereocenters. The van der Waals surface area contributed by atoms with E-state index in [-0.39, 0.29) is 0 Å². The normalized spacial score (nSPS) is 13.9. The summed E-state index contributed by atoms with van der Waals surface area (Å²) < 4.78 is 5.53. The zero-order valence-electron chi connectivity index (χ0n) is 13.1. The standard InChI is InChI=1S/C17H29NO/c1-6-13(4)11-15(7-2)18-17-10-9-16(19-8-3)12-14(17)5/h9-10,12-13,15,18H,6-8,11H2,1-5H3. The maximum absolute atomic E-state index is 5.53. The molecule has 1 aromatic carbocycles. The van der Waals surface area contributed by atoms with E-state index < -0.39 is 0 Å². The Kier molecular flexibility index (Phi) is 6.75. The van der Waals surface area contributed by atoms with Gasteiger partial charge in [-0.1, -0.05) is 27.2 Å². The number of aryl methyl sites for hydroxylation is 1. The Morgan fingerprint density at radius 1 is 1.16 bits per heavy atom. The lowest BCUT2D eigenvalue weighted by Gasteiger charge is -2.22. The molecule has 0 fully saturated rings. The average Bonchev–Trinajstić information content (AvgIpc) is 2.40. The summed E-state index contributed by atoms with van der Waals surface area (Å²) >= 11 is 0. The van der Waals surface area contributed by atoms with Crippen LogP contribution in [0.3, 0.4) is 0 Å². The molecule has 2 nitrogen and oxygen atoms in total. The molecule has 2 heteroatoms. The van der Waals surface area contributed by atoms with Gasteiger partial charge in [-0.05, 0) is 56.4 Å². The van der Waals surface area contributed by atoms with Gasteiger partial charge in [0.2, 0.25) is 0 Å². The molecular weight excluding hydrogens is 234 g/mol. The summed E-state index contributed by atoms with van der Waals surface area (Å²) in [5.41, 5.74) is 2.49. The Morgan fingerprint density at radius 3 is 2.42 bits per heavy atom. The second-order valence-electron chi connectivity index (χ2n) is 5.41. The molecule has 108 valence electrons. The van der Waals surface area contributed by atoms with Crippen molar-refractivity contribution in [3.63, 3.8) is 0 Å². The summed E-state index contributed by atoms with van der Waals surface area (Å²) in [6.07, 6.45) is 3.65. The average molecular weight is 263 g/mol. The molecule has 0 saturated heterocycles. The van der Waals surface area contributed by atoms with Crippen molar-refractivity contribution in [2.24, 2.45) is 5.92 Å². The molecule has 0 aromatic heterocycles. The van der Waals surface area contributed by atoms with Crippen LogP contribution in [0, 0.1) is 12.8 Å². The number of anilines is 1. The van der Waals surface area contributed by atoms with Crippen LogP contribution in [0.5, 0.6) is 5.75 Å². The third-order valence-corrected chi connectivity index (χ3v) is 3.75. The van der Waals surface area contributed by atoms with E-state index >= 15 is 0 Å². The quantitative estimate of drug-likeness (QED) is 0.711. The molecule has 1 rings (SSSR count). The summed E-state index contributed by atoms with van der Waals surface area (Å²) in [7, 11) is 0. The number of rotatable bonds is 8. The molecule has 1 N–H and O–H groups in total. The van der Waals surface area contributed by atoms with Crippen LogP contribution in [0.1, 0.15) is 52.5 Å². The number of benzene rings is 1. The Morgan fingerprint density at radius 2 is 1.89 bits per heavy atom. The van der Waals surface area contributed by atoms with Gasteiger partial charge in [0, 0.05) is 11.7 Å². The van der Waals surface area contributed by atoms with Gasteiger partial charge in [-0.15, -0.1) is 0 Å². The Balaban J connectivity index is 2.69. The van der Waals surface area contributed by atoms with E-state index in [2.05, 4.69) is 51.2 Å². The fraction of sp³-hybridized carbons (Fsp3) is 0.647. The third kappa shape index (κ3) is 5.14. The highest BCUT2D eigenvalue weighted by molar-refractivity contribution is 5.54. The van der Waals surface area contributed by atoms with Crippen molar-refractivity contribution in [1.29, 1.82) is 0 Å². The number of nitrogens with one attached hydrogen (secondary N) is 1. The van der Waals surface area contributed by atoms with E-state index in [4.69, 9.17) is 4.74 Å². The van der Waals surface area contributed by atoms with E-state index in [1.807, 2.05) is 6.92 Å². The molecule has 0 aliphatic heterocycles. The highest BCUT2D eigenvalue weighted by atomic mass is 16.5. The molecule has 0 saturated carbocycles. The van der Waals surface area contributed by atoms with E-state index in [9.17, 15) is 0 Å². The van der Waals surface area contributed by atoms with Gasteiger partial charge in [0.25, 0.3) is 0 Å². The lowest BCUT2D eigenvalue weighted by atomic mass is 9.97. The van der Waals surface area contributed by atoms with Crippen LogP contribution >= 0.6 is 0 Å². The number of ether oxygens (including phenoxy) is 1. The van der Waals surface area contributed by atoms with Gasteiger partial charge < -0.3 is 10.1 Å². The monoisotopic (exact) mass is 263 g/mol. The van der Waals surface area contributed by atoms with Gasteiger partial charge in [-0.2, -0.15) is 0 Å². The minimum atomic E-state index is 0.562. The molecule has 0 aliphatic rings. The first-order valence-electron chi connectivity index (χ1n) is 7.60. The van der Waals surface area contributed by atoms with E-state index in [0.717, 1.165) is 24.7 Å². The van der Waals surface area contributed by atoms with Crippen LogP contribution in [-0.2, 0) is 0 Å². The minimum Gasteiger partial charge on any atom is -0.494 e. The summed E-state index contributed by atoms with van der Waals surface area (Å²) in [5, 5.41) is 3.68. The summed E-state index contributed by atoms with van der Waals surface area (Å²) in [5.74, 6) is 1.74. The van der Waals surface area contributed by atoms with Crippen LogP contribution in [-0.4, -0.2) is 12.6 Å². The lowest BCUT2D eigenvalue weighted by Crippen LogP contribution is -2.21. The molecule has 0 bridgehead atoms. The molecule has 0 aliphatic carbocycles. The molecule has 0 heterocycles. The maximum Gasteiger partial charge on any atom is 0.119 e. The molecule has 0 amide bonds. The summed E-state index contributed by atoms with van der Waals surface area (Å²) in [6, 6.07) is 6.86. The minimum absolute atomic E-state index is 0.562. The van der Waals surface area contributed by atoms with Crippen LogP contribution in [0.15, 0.2) is 18.2 Å². The van der Waals surface area contributed by atoms with E-state index in [1.54, 1.807) is 0 Å². The fourth-order valence-electron chi connectivity index (χ4n) is 2.25. The predicted molar refractivity (Wildman–Crippen MR) is 84.1 cm³/mol. The van der Waals surface area contributed by atoms with Crippen LogP contribution in [0.4, 0.5) is 5.69 Å². The third-order valence-electron chi connectivity index (χ3n) is 3.75. The van der Waals surface area contributed by atoms with Crippen molar-refractivity contribution < 1.29 is 4.74 Å². The topological polar surface area (TPSA) is 21.3 Å². The summed E-state index contributed by atoms with van der Waals surface area (Å²) in [4.78, 5) is 0. The lowest BCUT2D eigenvalue weighted by molar-refractivity contribution is 0.340. The van der Waals surface area contributed by atoms with Crippen molar-refractivity contribution in [2.75, 3.05) is 11.9 Å². The highest BCUT2D eigenvalue weighted by Gasteiger charge is 2.11. The Bertz CT molecular complexity index is 376. The smallest absolute Gasteiger partial charge is 0.119 e. The Labute approximate surface area is 118 Å². The zero-order valence-corrected chi connectivity index (χ0v) is 13.1. The van der Waals surface area contributed by atoms with Gasteiger partial charge in [-0.3, -0.25) is 0 Å². The van der Waals surface area contributed by atoms with Crippen LogP contribution < -0.4 is 10.1 Å². The first-order valence-corrected chi connectivity index (χ1v) is 7.60. The van der Waals surface area contributed by atoms with Gasteiger partial charge in [0.15, 0.2) is 0 Å². The predicted octanol–water partition coefficient (Wildman–Crippen LogP) is 5.02. The van der Waals surface area contributed by atoms with Crippen LogP contribution in [0.25, 0.3) is 0 Å². The maximum atomic E-state index is 5.53. The summed E-state index contributed by atoms with van der Waals surface area (Å²) in [6.45, 7) is 11.7. The van der Waals surface area contributed by atoms with Crippen molar-refractivity contribution >= 4 is 5.69 Å². The number of hydrogen-bond donors (Lipinski definition) is 1. The Hall–Kier alpha value is -1.18. The largest absolute Gasteiger partial charge is 0.494 e. The van der Waals surface area contributed by atoms with Crippen LogP contribution in [0.2, 0.25) is 0 Å². The highest BCUT2D eigenvalue weighted by Crippen LogP contribution is 2.24. The molecule has 1 aromatic rings. The molecule has 0 radical (unpaired) electrons. The molecule has 19 heavy (non-hydrogen) atoms. The first kappa shape index (κ1) is 15.9. The molecule has 2 atom stereocenters. The second-order valence-corrected chi connectivity index (χ2v) is 5.41. The first-order chi connectivity index (χ1) is 9.10. The van der Waals surface area contributed by atoms with Gasteiger partial charge in [-0.25, -0.2) is 0 Å². The SMILES string of the molecule is CCOc1ccc(NC(CC)CC(C)CC)c(C)c1. The van der Waals surface area contributed by atoms with Gasteiger partial charge in [0.1, 0.15) is 5.75 Å². The van der Waals surface area contributed by atoms with Crippen molar-refractivity contribution in [1.82, 2.24) is 0 Å². The van der Waals surface area contributed by atoms with E-state index in [0.29, 0.717) is 6.04 Å². The van der Waals surface area contributed by atoms with Crippen molar-refractivity contribution in [3.8, 4) is 5.75 Å².